The minimum atomic E-state index is -0.670. The van der Waals surface area contributed by atoms with Crippen LogP contribution in [0.2, 0.25) is 0 Å². The SMILES string of the molecule is CC(C)CCCCCCCCCCCCCCC(=O)O.CCCCCCCC(=O)O. The van der Waals surface area contributed by atoms with Gasteiger partial charge in [0.2, 0.25) is 0 Å². The first-order valence-corrected chi connectivity index (χ1v) is 12.8. The number of carboxylic acids is 2. The van der Waals surface area contributed by atoms with Crippen molar-refractivity contribution in [3.63, 3.8) is 0 Å². The zero-order chi connectivity index (χ0) is 22.9. The average molecular weight is 429 g/mol. The Morgan fingerprint density at radius 2 is 0.833 bits per heavy atom. The molecule has 0 aromatic heterocycles. The summed E-state index contributed by atoms with van der Waals surface area (Å²) in [4.78, 5) is 20.4. The number of carboxylic acid groups (broad SMARTS) is 2. The van der Waals surface area contributed by atoms with Crippen molar-refractivity contribution in [3.8, 4) is 0 Å². The van der Waals surface area contributed by atoms with E-state index in [-0.39, 0.29) is 0 Å². The molecule has 0 rings (SSSR count). The molecule has 0 aromatic carbocycles. The molecule has 30 heavy (non-hydrogen) atoms. The van der Waals surface area contributed by atoms with Gasteiger partial charge in [-0.15, -0.1) is 0 Å². The predicted molar refractivity (Wildman–Crippen MR) is 128 cm³/mol. The first-order chi connectivity index (χ1) is 14.4. The van der Waals surface area contributed by atoms with Gasteiger partial charge in [0.05, 0.1) is 0 Å². The van der Waals surface area contributed by atoms with Crippen LogP contribution in [0, 0.1) is 5.92 Å². The molecule has 180 valence electrons. The summed E-state index contributed by atoms with van der Waals surface area (Å²) < 4.78 is 0. The maximum absolute atomic E-state index is 10.3. The monoisotopic (exact) mass is 428 g/mol. The minimum Gasteiger partial charge on any atom is -0.481 e. The van der Waals surface area contributed by atoms with E-state index in [0.717, 1.165) is 31.6 Å². The first kappa shape index (κ1) is 31.1. The molecule has 2 N–H and O–H groups in total. The molecule has 0 spiro atoms. The summed E-state index contributed by atoms with van der Waals surface area (Å²) in [6, 6.07) is 0. The lowest BCUT2D eigenvalue weighted by molar-refractivity contribution is -0.138. The van der Waals surface area contributed by atoms with Gasteiger partial charge in [0.25, 0.3) is 0 Å². The highest BCUT2D eigenvalue weighted by atomic mass is 16.4. The van der Waals surface area contributed by atoms with Crippen LogP contribution in [0.5, 0.6) is 0 Å². The standard InChI is InChI=1S/C18H36O2.C8H16O2/c1-17(2)15-13-11-9-7-5-3-4-6-8-10-12-14-16-18(19)20;1-2-3-4-5-6-7-8(9)10/h17H,3-16H2,1-2H3,(H,19,20);2-7H2,1H3,(H,9,10). The molecule has 0 atom stereocenters. The van der Waals surface area contributed by atoms with Gasteiger partial charge in [0.15, 0.2) is 0 Å². The van der Waals surface area contributed by atoms with Crippen molar-refractivity contribution in [3.05, 3.63) is 0 Å². The van der Waals surface area contributed by atoms with Gasteiger partial charge in [-0.25, -0.2) is 0 Å². The van der Waals surface area contributed by atoms with Gasteiger partial charge in [0, 0.05) is 12.8 Å². The molecule has 4 nitrogen and oxygen atoms in total. The number of hydrogen-bond donors (Lipinski definition) is 2. The van der Waals surface area contributed by atoms with Crippen molar-refractivity contribution in [2.45, 2.75) is 149 Å². The highest BCUT2D eigenvalue weighted by molar-refractivity contribution is 5.66. The fourth-order valence-corrected chi connectivity index (χ4v) is 3.48. The molecule has 0 unspecified atom stereocenters. The van der Waals surface area contributed by atoms with Gasteiger partial charge in [-0.2, -0.15) is 0 Å². The molecular weight excluding hydrogens is 376 g/mol. The molecule has 0 saturated heterocycles. The molecule has 0 bridgehead atoms. The molecule has 0 aliphatic heterocycles. The van der Waals surface area contributed by atoms with Crippen LogP contribution in [0.15, 0.2) is 0 Å². The third-order valence-corrected chi connectivity index (χ3v) is 5.42. The second-order valence-electron chi connectivity index (χ2n) is 9.13. The predicted octanol–water partition coefficient (Wildman–Crippen LogP) is 8.62. The Balaban J connectivity index is 0. The van der Waals surface area contributed by atoms with E-state index in [1.54, 1.807) is 0 Å². The Labute approximate surface area is 187 Å². The Morgan fingerprint density at radius 3 is 1.13 bits per heavy atom. The lowest BCUT2D eigenvalue weighted by Crippen LogP contribution is -1.93. The third-order valence-electron chi connectivity index (χ3n) is 5.42. The van der Waals surface area contributed by atoms with Gasteiger partial charge in [-0.3, -0.25) is 9.59 Å². The van der Waals surface area contributed by atoms with Gasteiger partial charge >= 0.3 is 11.9 Å². The molecule has 0 fully saturated rings. The summed E-state index contributed by atoms with van der Waals surface area (Å²) in [5, 5.41) is 16.8. The van der Waals surface area contributed by atoms with E-state index in [1.807, 2.05) is 0 Å². The van der Waals surface area contributed by atoms with Crippen molar-refractivity contribution < 1.29 is 19.8 Å². The summed E-state index contributed by atoms with van der Waals surface area (Å²) >= 11 is 0. The van der Waals surface area contributed by atoms with Crippen LogP contribution in [0.4, 0.5) is 0 Å². The second kappa shape index (κ2) is 26.0. The topological polar surface area (TPSA) is 74.6 Å². The number of rotatable bonds is 21. The van der Waals surface area contributed by atoms with E-state index in [1.165, 1.54) is 89.9 Å². The fourth-order valence-electron chi connectivity index (χ4n) is 3.48. The van der Waals surface area contributed by atoms with Gasteiger partial charge in [-0.1, -0.05) is 124 Å². The Bertz CT molecular complexity index is 366. The fraction of sp³-hybridized carbons (Fsp3) is 0.923. The Kier molecular flexibility index (Phi) is 27.0. The maximum atomic E-state index is 10.3. The molecule has 0 saturated carbocycles. The van der Waals surface area contributed by atoms with E-state index >= 15 is 0 Å². The smallest absolute Gasteiger partial charge is 0.303 e. The zero-order valence-corrected chi connectivity index (χ0v) is 20.4. The molecule has 0 aliphatic carbocycles. The molecule has 0 radical (unpaired) electrons. The van der Waals surface area contributed by atoms with Crippen LogP contribution >= 0.6 is 0 Å². The Morgan fingerprint density at radius 1 is 0.533 bits per heavy atom. The highest BCUT2D eigenvalue weighted by Gasteiger charge is 1.98. The van der Waals surface area contributed by atoms with Crippen LogP contribution in [-0.2, 0) is 9.59 Å². The molecule has 0 aliphatic rings. The molecule has 0 amide bonds. The number of hydrogen-bond acceptors (Lipinski definition) is 2. The van der Waals surface area contributed by atoms with Gasteiger partial charge in [0.1, 0.15) is 0 Å². The lowest BCUT2D eigenvalue weighted by Gasteiger charge is -2.04. The second-order valence-corrected chi connectivity index (χ2v) is 9.13. The zero-order valence-electron chi connectivity index (χ0n) is 20.4. The van der Waals surface area contributed by atoms with E-state index < -0.39 is 11.9 Å². The third kappa shape index (κ3) is 34.4. The average Bonchev–Trinajstić information content (AvgIpc) is 2.68. The summed E-state index contributed by atoms with van der Waals surface area (Å²) in [6.45, 7) is 6.76. The largest absolute Gasteiger partial charge is 0.481 e. The van der Waals surface area contributed by atoms with Crippen molar-refractivity contribution in [2.24, 2.45) is 5.92 Å². The normalized spacial score (nSPS) is 10.7. The summed E-state index contributed by atoms with van der Waals surface area (Å²) in [7, 11) is 0. The van der Waals surface area contributed by atoms with Crippen LogP contribution < -0.4 is 0 Å². The quantitative estimate of drug-likeness (QED) is 0.179. The van der Waals surface area contributed by atoms with Crippen LogP contribution in [0.25, 0.3) is 0 Å². The lowest BCUT2D eigenvalue weighted by atomic mass is 10.0. The number of aliphatic carboxylic acids is 2. The van der Waals surface area contributed by atoms with Crippen molar-refractivity contribution in [2.75, 3.05) is 0 Å². The summed E-state index contributed by atoms with van der Waals surface area (Å²) in [6.07, 6.45) is 23.2. The molecule has 0 aromatic rings. The van der Waals surface area contributed by atoms with E-state index in [0.29, 0.717) is 12.8 Å². The van der Waals surface area contributed by atoms with Gasteiger partial charge < -0.3 is 10.2 Å². The molecular formula is C26H52O4. The van der Waals surface area contributed by atoms with Crippen LogP contribution in [0.1, 0.15) is 149 Å². The summed E-state index contributed by atoms with van der Waals surface area (Å²) in [5.74, 6) is -0.458. The van der Waals surface area contributed by atoms with Crippen LogP contribution in [0.3, 0.4) is 0 Å². The number of carbonyl (C=O) groups is 2. The molecule has 0 heterocycles. The van der Waals surface area contributed by atoms with Gasteiger partial charge in [-0.05, 0) is 18.8 Å². The molecule has 4 heteroatoms. The van der Waals surface area contributed by atoms with Crippen molar-refractivity contribution in [1.29, 1.82) is 0 Å². The first-order valence-electron chi connectivity index (χ1n) is 12.8. The van der Waals surface area contributed by atoms with E-state index in [9.17, 15) is 9.59 Å². The highest BCUT2D eigenvalue weighted by Crippen LogP contribution is 2.14. The Hall–Kier alpha value is -1.06. The van der Waals surface area contributed by atoms with E-state index in [4.69, 9.17) is 10.2 Å². The van der Waals surface area contributed by atoms with E-state index in [2.05, 4.69) is 20.8 Å². The maximum Gasteiger partial charge on any atom is 0.303 e. The number of unbranched alkanes of at least 4 members (excludes halogenated alkanes) is 15. The van der Waals surface area contributed by atoms with Crippen molar-refractivity contribution >= 4 is 11.9 Å². The van der Waals surface area contributed by atoms with Crippen LogP contribution in [-0.4, -0.2) is 22.2 Å². The minimum absolute atomic E-state index is 0.337. The van der Waals surface area contributed by atoms with Crippen molar-refractivity contribution in [1.82, 2.24) is 0 Å². The summed E-state index contributed by atoms with van der Waals surface area (Å²) in [5.41, 5.74) is 0.